The summed E-state index contributed by atoms with van der Waals surface area (Å²) >= 11 is 0. The van der Waals surface area contributed by atoms with Crippen LogP contribution in [0, 0.1) is 0 Å². The first kappa shape index (κ1) is 11.9. The largest absolute Gasteiger partial charge is 0.480 e. The van der Waals surface area contributed by atoms with Crippen molar-refractivity contribution in [3.8, 4) is 0 Å². The number of hydrazine groups is 1. The van der Waals surface area contributed by atoms with E-state index in [1.165, 1.54) is 5.01 Å². The summed E-state index contributed by atoms with van der Waals surface area (Å²) in [5.74, 6) is 3.85. The molecule has 0 aromatic heterocycles. The Balaban J connectivity index is 4.10. The first-order valence-electron chi connectivity index (χ1n) is 4.01. The number of rotatable bonds is 6. The fraction of sp³-hybridized carbons (Fsp3) is 0.714. The summed E-state index contributed by atoms with van der Waals surface area (Å²) in [6.07, 6.45) is 0.180. The predicted molar refractivity (Wildman–Crippen MR) is 46.4 cm³/mol. The van der Waals surface area contributed by atoms with Gasteiger partial charge in [-0.25, -0.2) is 5.01 Å². The SMILES string of the molecule is CCN(N)[C@@H](CCC(N)=O)C(=O)O. The van der Waals surface area contributed by atoms with Crippen LogP contribution in [0.3, 0.4) is 0 Å². The average Bonchev–Trinajstić information content (AvgIpc) is 2.03. The minimum Gasteiger partial charge on any atom is -0.480 e. The van der Waals surface area contributed by atoms with E-state index in [-0.39, 0.29) is 12.8 Å². The molecule has 76 valence electrons. The number of carbonyl (C=O) groups excluding carboxylic acids is 1. The molecule has 0 aliphatic rings. The molecule has 0 fully saturated rings. The zero-order valence-electron chi connectivity index (χ0n) is 7.56. The maximum Gasteiger partial charge on any atom is 0.322 e. The number of nitrogens with zero attached hydrogens (tertiary/aromatic N) is 1. The molecule has 0 unspecified atom stereocenters. The van der Waals surface area contributed by atoms with Crippen molar-refractivity contribution in [1.82, 2.24) is 5.01 Å². The lowest BCUT2D eigenvalue weighted by Gasteiger charge is -2.21. The van der Waals surface area contributed by atoms with Crippen LogP contribution in [0.2, 0.25) is 0 Å². The monoisotopic (exact) mass is 189 g/mol. The number of aliphatic carboxylic acids is 1. The van der Waals surface area contributed by atoms with Crippen molar-refractivity contribution in [2.75, 3.05) is 6.54 Å². The minimum atomic E-state index is -1.04. The van der Waals surface area contributed by atoms with Crippen LogP contribution < -0.4 is 11.6 Å². The average molecular weight is 189 g/mol. The summed E-state index contributed by atoms with van der Waals surface area (Å²) in [5, 5.41) is 9.89. The minimum absolute atomic E-state index is 0.0324. The van der Waals surface area contributed by atoms with Crippen LogP contribution in [-0.2, 0) is 9.59 Å². The second-order valence-corrected chi connectivity index (χ2v) is 2.69. The van der Waals surface area contributed by atoms with Gasteiger partial charge in [0.15, 0.2) is 0 Å². The van der Waals surface area contributed by atoms with E-state index in [0.29, 0.717) is 6.54 Å². The Morgan fingerprint density at radius 2 is 2.08 bits per heavy atom. The fourth-order valence-electron chi connectivity index (χ4n) is 0.931. The van der Waals surface area contributed by atoms with Gasteiger partial charge in [-0.05, 0) is 6.42 Å². The van der Waals surface area contributed by atoms with Gasteiger partial charge in [0.05, 0.1) is 0 Å². The molecule has 0 aromatic rings. The summed E-state index contributed by atoms with van der Waals surface area (Å²) in [4.78, 5) is 21.0. The second kappa shape index (κ2) is 5.50. The molecule has 6 nitrogen and oxygen atoms in total. The molecule has 0 aromatic carbocycles. The molecule has 0 saturated carbocycles. The molecule has 0 aliphatic carbocycles. The number of carbonyl (C=O) groups is 2. The highest BCUT2D eigenvalue weighted by molar-refractivity contribution is 5.77. The number of nitrogens with two attached hydrogens (primary N) is 2. The lowest BCUT2D eigenvalue weighted by molar-refractivity contribution is -0.143. The van der Waals surface area contributed by atoms with Gasteiger partial charge in [-0.3, -0.25) is 15.4 Å². The summed E-state index contributed by atoms with van der Waals surface area (Å²) in [6.45, 7) is 2.15. The summed E-state index contributed by atoms with van der Waals surface area (Å²) in [5.41, 5.74) is 4.89. The molecule has 5 N–H and O–H groups in total. The van der Waals surface area contributed by atoms with Gasteiger partial charge in [-0.2, -0.15) is 0 Å². The number of amides is 1. The van der Waals surface area contributed by atoms with E-state index in [1.54, 1.807) is 6.92 Å². The van der Waals surface area contributed by atoms with E-state index in [0.717, 1.165) is 0 Å². The smallest absolute Gasteiger partial charge is 0.322 e. The van der Waals surface area contributed by atoms with Gasteiger partial charge in [-0.15, -0.1) is 0 Å². The first-order chi connectivity index (χ1) is 5.99. The van der Waals surface area contributed by atoms with Crippen molar-refractivity contribution in [2.24, 2.45) is 11.6 Å². The van der Waals surface area contributed by atoms with E-state index in [2.05, 4.69) is 0 Å². The van der Waals surface area contributed by atoms with E-state index in [9.17, 15) is 9.59 Å². The molecule has 6 heteroatoms. The Labute approximate surface area is 76.5 Å². The van der Waals surface area contributed by atoms with Gasteiger partial charge in [0.25, 0.3) is 0 Å². The Morgan fingerprint density at radius 3 is 2.38 bits per heavy atom. The van der Waals surface area contributed by atoms with Crippen LogP contribution in [-0.4, -0.2) is 34.6 Å². The quantitative estimate of drug-likeness (QED) is 0.363. The fourth-order valence-corrected chi connectivity index (χ4v) is 0.931. The Bertz CT molecular complexity index is 195. The molecule has 0 rings (SSSR count). The van der Waals surface area contributed by atoms with Crippen molar-refractivity contribution >= 4 is 11.9 Å². The van der Waals surface area contributed by atoms with Gasteiger partial charge in [0, 0.05) is 13.0 Å². The highest BCUT2D eigenvalue weighted by atomic mass is 16.4. The van der Waals surface area contributed by atoms with Crippen LogP contribution in [0.25, 0.3) is 0 Å². The molecule has 1 atom stereocenters. The molecular formula is C7H15N3O3. The zero-order valence-corrected chi connectivity index (χ0v) is 7.56. The van der Waals surface area contributed by atoms with Crippen molar-refractivity contribution in [2.45, 2.75) is 25.8 Å². The lowest BCUT2D eigenvalue weighted by atomic mass is 10.1. The molecule has 13 heavy (non-hydrogen) atoms. The lowest BCUT2D eigenvalue weighted by Crippen LogP contribution is -2.46. The van der Waals surface area contributed by atoms with Crippen molar-refractivity contribution < 1.29 is 14.7 Å². The van der Waals surface area contributed by atoms with Crippen molar-refractivity contribution in [3.63, 3.8) is 0 Å². The van der Waals surface area contributed by atoms with Crippen LogP contribution in [0.1, 0.15) is 19.8 Å². The molecule has 1 amide bonds. The van der Waals surface area contributed by atoms with Crippen LogP contribution in [0.15, 0.2) is 0 Å². The van der Waals surface area contributed by atoms with Crippen molar-refractivity contribution in [1.29, 1.82) is 0 Å². The Kier molecular flexibility index (Phi) is 5.01. The molecule has 0 aliphatic heterocycles. The second-order valence-electron chi connectivity index (χ2n) is 2.69. The number of primary amides is 1. The molecule has 0 spiro atoms. The first-order valence-corrected chi connectivity index (χ1v) is 4.01. The van der Waals surface area contributed by atoms with Gasteiger partial charge in [0.1, 0.15) is 6.04 Å². The Hall–Kier alpha value is -1.14. The van der Waals surface area contributed by atoms with Crippen molar-refractivity contribution in [3.05, 3.63) is 0 Å². The third-order valence-electron chi connectivity index (χ3n) is 1.71. The molecule has 0 heterocycles. The summed E-state index contributed by atoms with van der Waals surface area (Å²) < 4.78 is 0. The van der Waals surface area contributed by atoms with Gasteiger partial charge in [-0.1, -0.05) is 6.92 Å². The van der Waals surface area contributed by atoms with E-state index < -0.39 is 17.9 Å². The highest BCUT2D eigenvalue weighted by Gasteiger charge is 2.22. The maximum atomic E-state index is 10.6. The van der Waals surface area contributed by atoms with Crippen LogP contribution in [0.4, 0.5) is 0 Å². The van der Waals surface area contributed by atoms with Crippen LogP contribution in [0.5, 0.6) is 0 Å². The van der Waals surface area contributed by atoms with Gasteiger partial charge < -0.3 is 10.8 Å². The van der Waals surface area contributed by atoms with E-state index in [4.69, 9.17) is 16.7 Å². The van der Waals surface area contributed by atoms with Gasteiger partial charge in [0.2, 0.25) is 5.91 Å². The maximum absolute atomic E-state index is 10.6. The topological polar surface area (TPSA) is 110 Å². The molecular weight excluding hydrogens is 174 g/mol. The zero-order chi connectivity index (χ0) is 10.4. The normalized spacial score (nSPS) is 12.8. The Morgan fingerprint density at radius 1 is 1.54 bits per heavy atom. The summed E-state index contributed by atoms with van der Waals surface area (Å²) in [7, 11) is 0. The van der Waals surface area contributed by atoms with E-state index >= 15 is 0 Å². The van der Waals surface area contributed by atoms with E-state index in [1.807, 2.05) is 0 Å². The number of likely N-dealkylation sites (N-methyl/N-ethyl adjacent to an activating group) is 1. The summed E-state index contributed by atoms with van der Waals surface area (Å²) in [6, 6.07) is -0.836. The predicted octanol–water partition coefficient (Wildman–Crippen LogP) is -1.10. The third kappa shape index (κ3) is 4.44. The molecule has 0 saturated heterocycles. The standard InChI is InChI=1S/C7H15N3O3/c1-2-10(9)5(7(12)13)3-4-6(8)11/h5H,2-4,9H2,1H3,(H2,8,11)(H,12,13)/t5-/m0/s1. The number of carboxylic acid groups (broad SMARTS) is 1. The third-order valence-corrected chi connectivity index (χ3v) is 1.71. The molecule has 0 radical (unpaired) electrons. The highest BCUT2D eigenvalue weighted by Crippen LogP contribution is 2.02. The molecule has 0 bridgehead atoms. The van der Waals surface area contributed by atoms with Gasteiger partial charge >= 0.3 is 5.97 Å². The number of hydrogen-bond donors (Lipinski definition) is 3. The number of carboxylic acids is 1. The number of hydrogen-bond acceptors (Lipinski definition) is 4. The van der Waals surface area contributed by atoms with Crippen LogP contribution >= 0.6 is 0 Å².